The summed E-state index contributed by atoms with van der Waals surface area (Å²) in [5.74, 6) is 0. The molecular weight excluding hydrogens is 298 g/mol. The van der Waals surface area contributed by atoms with Gasteiger partial charge in [0.05, 0.1) is 11.4 Å². The van der Waals surface area contributed by atoms with E-state index in [1.54, 1.807) is 11.8 Å². The average molecular weight is 312 g/mol. The topological polar surface area (TPSA) is 43.8 Å². The number of nitrogen functional groups attached to an aromatic ring is 1. The molecule has 2 N–H and O–H groups in total. The third-order valence-corrected chi connectivity index (χ3v) is 4.04. The first-order valence-electron chi connectivity index (χ1n) is 5.38. The van der Waals surface area contributed by atoms with Crippen molar-refractivity contribution >= 4 is 33.4 Å². The summed E-state index contributed by atoms with van der Waals surface area (Å²) in [6.45, 7) is 4.83. The molecule has 3 nitrogen and oxygen atoms in total. The van der Waals surface area contributed by atoms with E-state index in [-0.39, 0.29) is 0 Å². The first kappa shape index (κ1) is 12.5. The fourth-order valence-electron chi connectivity index (χ4n) is 1.54. The Balaban J connectivity index is 2.35. The average Bonchev–Trinajstić information content (AvgIpc) is 2.57. The lowest BCUT2D eigenvalue weighted by Gasteiger charge is -2.05. The predicted molar refractivity (Wildman–Crippen MR) is 75.3 cm³/mol. The number of nitrogens with zero attached hydrogens (tertiary/aromatic N) is 2. The molecule has 90 valence electrons. The molecular formula is C12H14BrN3S. The molecule has 0 fully saturated rings. The van der Waals surface area contributed by atoms with Crippen molar-refractivity contribution < 1.29 is 0 Å². The zero-order chi connectivity index (χ0) is 12.4. The SMILES string of the molecule is CCn1nc(C)c(N)c1Sc1cccc(Br)c1. The van der Waals surface area contributed by atoms with Gasteiger partial charge in [-0.1, -0.05) is 33.8 Å². The van der Waals surface area contributed by atoms with Gasteiger partial charge in [-0.2, -0.15) is 5.10 Å². The van der Waals surface area contributed by atoms with Gasteiger partial charge in [0, 0.05) is 15.9 Å². The molecule has 0 aliphatic rings. The molecule has 17 heavy (non-hydrogen) atoms. The summed E-state index contributed by atoms with van der Waals surface area (Å²) in [5, 5.41) is 5.42. The van der Waals surface area contributed by atoms with Crippen LogP contribution in [0.3, 0.4) is 0 Å². The maximum Gasteiger partial charge on any atom is 0.122 e. The van der Waals surface area contributed by atoms with Gasteiger partial charge in [-0.15, -0.1) is 0 Å². The summed E-state index contributed by atoms with van der Waals surface area (Å²) < 4.78 is 3.01. The minimum atomic E-state index is 0.775. The van der Waals surface area contributed by atoms with Gasteiger partial charge in [0.15, 0.2) is 0 Å². The van der Waals surface area contributed by atoms with Gasteiger partial charge >= 0.3 is 0 Å². The van der Waals surface area contributed by atoms with Crippen LogP contribution in [0.4, 0.5) is 5.69 Å². The number of nitrogens with two attached hydrogens (primary N) is 1. The quantitative estimate of drug-likeness (QED) is 0.939. The molecule has 0 atom stereocenters. The Bertz CT molecular complexity index is 537. The van der Waals surface area contributed by atoms with Crippen LogP contribution >= 0.6 is 27.7 Å². The maximum atomic E-state index is 6.05. The summed E-state index contributed by atoms with van der Waals surface area (Å²) in [6.07, 6.45) is 0. The van der Waals surface area contributed by atoms with Crippen molar-refractivity contribution in [1.29, 1.82) is 0 Å². The maximum absolute atomic E-state index is 6.05. The highest BCUT2D eigenvalue weighted by atomic mass is 79.9. The van der Waals surface area contributed by atoms with E-state index >= 15 is 0 Å². The first-order valence-corrected chi connectivity index (χ1v) is 6.99. The van der Waals surface area contributed by atoms with E-state index in [1.807, 2.05) is 23.7 Å². The van der Waals surface area contributed by atoms with E-state index < -0.39 is 0 Å². The molecule has 0 amide bonds. The highest BCUT2D eigenvalue weighted by Crippen LogP contribution is 2.34. The second-order valence-electron chi connectivity index (χ2n) is 3.68. The fraction of sp³-hybridized carbons (Fsp3) is 0.250. The largest absolute Gasteiger partial charge is 0.395 e. The summed E-state index contributed by atoms with van der Waals surface area (Å²) in [5.41, 5.74) is 7.72. The Kier molecular flexibility index (Phi) is 3.79. The lowest BCUT2D eigenvalue weighted by atomic mass is 10.4. The van der Waals surface area contributed by atoms with Crippen LogP contribution in [0.25, 0.3) is 0 Å². The van der Waals surface area contributed by atoms with Crippen LogP contribution in [0.1, 0.15) is 12.6 Å². The van der Waals surface area contributed by atoms with Gasteiger partial charge in [0.2, 0.25) is 0 Å². The molecule has 1 aromatic carbocycles. The van der Waals surface area contributed by atoms with E-state index in [0.717, 1.165) is 32.3 Å². The zero-order valence-corrected chi connectivity index (χ0v) is 12.2. The van der Waals surface area contributed by atoms with Gasteiger partial charge in [0.25, 0.3) is 0 Å². The Hall–Kier alpha value is -0.940. The minimum absolute atomic E-state index is 0.775. The molecule has 0 bridgehead atoms. The van der Waals surface area contributed by atoms with Crippen molar-refractivity contribution in [2.75, 3.05) is 5.73 Å². The molecule has 0 unspecified atom stereocenters. The molecule has 0 saturated heterocycles. The van der Waals surface area contributed by atoms with E-state index in [9.17, 15) is 0 Å². The van der Waals surface area contributed by atoms with Crippen LogP contribution in [-0.2, 0) is 6.54 Å². The standard InChI is InChI=1S/C12H14BrN3S/c1-3-16-12(11(14)8(2)15-16)17-10-6-4-5-9(13)7-10/h4-7H,3,14H2,1-2H3. The number of anilines is 1. The number of benzene rings is 1. The monoisotopic (exact) mass is 311 g/mol. The van der Waals surface area contributed by atoms with Crippen LogP contribution < -0.4 is 5.73 Å². The Labute approximate surface area is 114 Å². The minimum Gasteiger partial charge on any atom is -0.395 e. The van der Waals surface area contributed by atoms with Crippen LogP contribution in [0.5, 0.6) is 0 Å². The molecule has 0 spiro atoms. The fourth-order valence-corrected chi connectivity index (χ4v) is 3.18. The molecule has 0 saturated carbocycles. The Morgan fingerprint density at radius 3 is 2.88 bits per heavy atom. The summed E-state index contributed by atoms with van der Waals surface area (Å²) in [6, 6.07) is 8.17. The zero-order valence-electron chi connectivity index (χ0n) is 9.77. The van der Waals surface area contributed by atoms with E-state index in [4.69, 9.17) is 5.73 Å². The number of halogens is 1. The number of aromatic nitrogens is 2. The van der Waals surface area contributed by atoms with Crippen molar-refractivity contribution in [3.8, 4) is 0 Å². The van der Waals surface area contributed by atoms with E-state index in [0.29, 0.717) is 0 Å². The van der Waals surface area contributed by atoms with Gasteiger partial charge in [0.1, 0.15) is 5.03 Å². The number of aryl methyl sites for hydroxylation is 2. The number of rotatable bonds is 3. The van der Waals surface area contributed by atoms with E-state index in [2.05, 4.69) is 40.1 Å². The molecule has 2 rings (SSSR count). The van der Waals surface area contributed by atoms with Gasteiger partial charge in [-0.05, 0) is 32.0 Å². The third-order valence-electron chi connectivity index (χ3n) is 2.44. The van der Waals surface area contributed by atoms with Crippen molar-refractivity contribution in [2.24, 2.45) is 0 Å². The molecule has 5 heteroatoms. The highest BCUT2D eigenvalue weighted by molar-refractivity contribution is 9.10. The Morgan fingerprint density at radius 2 is 2.24 bits per heavy atom. The lowest BCUT2D eigenvalue weighted by Crippen LogP contribution is -1.98. The van der Waals surface area contributed by atoms with Crippen molar-refractivity contribution in [2.45, 2.75) is 30.3 Å². The Morgan fingerprint density at radius 1 is 1.47 bits per heavy atom. The smallest absolute Gasteiger partial charge is 0.122 e. The predicted octanol–water partition coefficient (Wildman–Crippen LogP) is 3.71. The normalized spacial score (nSPS) is 10.8. The molecule has 0 radical (unpaired) electrons. The molecule has 2 aromatic rings. The number of hydrogen-bond donors (Lipinski definition) is 1. The molecule has 1 aromatic heterocycles. The second kappa shape index (κ2) is 5.14. The molecule has 0 aliphatic heterocycles. The second-order valence-corrected chi connectivity index (χ2v) is 5.66. The first-order chi connectivity index (χ1) is 8.11. The summed E-state index contributed by atoms with van der Waals surface area (Å²) in [4.78, 5) is 1.15. The third kappa shape index (κ3) is 2.66. The van der Waals surface area contributed by atoms with Gasteiger partial charge in [-0.3, -0.25) is 4.68 Å². The van der Waals surface area contributed by atoms with Crippen molar-refractivity contribution in [3.05, 3.63) is 34.4 Å². The summed E-state index contributed by atoms with van der Waals surface area (Å²) in [7, 11) is 0. The van der Waals surface area contributed by atoms with Crippen LogP contribution in [0.2, 0.25) is 0 Å². The molecule has 0 aliphatic carbocycles. The highest BCUT2D eigenvalue weighted by Gasteiger charge is 2.12. The van der Waals surface area contributed by atoms with Crippen molar-refractivity contribution in [3.63, 3.8) is 0 Å². The van der Waals surface area contributed by atoms with Crippen LogP contribution in [-0.4, -0.2) is 9.78 Å². The lowest BCUT2D eigenvalue weighted by molar-refractivity contribution is 0.602. The van der Waals surface area contributed by atoms with Crippen LogP contribution in [0, 0.1) is 6.92 Å². The van der Waals surface area contributed by atoms with Gasteiger partial charge in [-0.25, -0.2) is 0 Å². The van der Waals surface area contributed by atoms with Gasteiger partial charge < -0.3 is 5.73 Å². The number of hydrogen-bond acceptors (Lipinski definition) is 3. The van der Waals surface area contributed by atoms with Crippen molar-refractivity contribution in [1.82, 2.24) is 9.78 Å². The van der Waals surface area contributed by atoms with Crippen LogP contribution in [0.15, 0.2) is 38.7 Å². The van der Waals surface area contributed by atoms with E-state index in [1.165, 1.54) is 0 Å². The molecule has 1 heterocycles. The summed E-state index contributed by atoms with van der Waals surface area (Å²) >= 11 is 5.11.